The smallest absolute Gasteiger partial charge is 0.266 e. The zero-order valence-corrected chi connectivity index (χ0v) is 23.4. The third-order valence-corrected chi connectivity index (χ3v) is 7.57. The maximum Gasteiger partial charge on any atom is 0.266 e. The molecule has 0 spiro atoms. The Morgan fingerprint density at radius 3 is 2.65 bits per heavy atom. The number of ether oxygens (including phenoxy) is 2. The summed E-state index contributed by atoms with van der Waals surface area (Å²) in [6.07, 6.45) is 1.84. The first-order valence-electron chi connectivity index (χ1n) is 11.7. The van der Waals surface area contributed by atoms with Crippen molar-refractivity contribution in [2.24, 2.45) is 4.99 Å². The summed E-state index contributed by atoms with van der Waals surface area (Å²) >= 11 is 4.97. The molecule has 0 aromatic heterocycles. The fourth-order valence-electron chi connectivity index (χ4n) is 3.80. The van der Waals surface area contributed by atoms with Crippen LogP contribution >= 0.6 is 27.7 Å². The second kappa shape index (κ2) is 11.7. The fraction of sp³-hybridized carbons (Fsp3) is 0.207. The van der Waals surface area contributed by atoms with Gasteiger partial charge in [-0.2, -0.15) is 5.26 Å². The summed E-state index contributed by atoms with van der Waals surface area (Å²) in [5.74, 6) is 0.967. The molecule has 4 rings (SSSR count). The van der Waals surface area contributed by atoms with E-state index in [4.69, 9.17) is 14.5 Å². The van der Waals surface area contributed by atoms with Crippen LogP contribution < -0.4 is 9.47 Å². The average Bonchev–Trinajstić information content (AvgIpc) is 3.19. The van der Waals surface area contributed by atoms with E-state index in [9.17, 15) is 10.1 Å². The standard InChI is InChI=1S/C29H26BrN3O3S/c1-5-33-28(34)27(37-29(33)32-24-12-18(2)10-11-19(24)3)14-22-13-25(35-4)26(15-23(22)30)36-17-21-9-7-6-8-20(21)16-31/h6-15H,5,17H2,1-4H3/b27-14+,32-29?. The molecule has 188 valence electrons. The van der Waals surface area contributed by atoms with Gasteiger partial charge in [0.05, 0.1) is 29.3 Å². The first-order valence-corrected chi connectivity index (χ1v) is 13.3. The molecule has 0 N–H and O–H groups in total. The van der Waals surface area contributed by atoms with Crippen molar-refractivity contribution in [3.8, 4) is 17.6 Å². The molecule has 0 bridgehead atoms. The van der Waals surface area contributed by atoms with Crippen LogP contribution in [-0.4, -0.2) is 29.6 Å². The number of nitriles is 1. The Morgan fingerprint density at radius 2 is 1.92 bits per heavy atom. The highest BCUT2D eigenvalue weighted by Crippen LogP contribution is 2.39. The third kappa shape index (κ3) is 5.90. The second-order valence-electron chi connectivity index (χ2n) is 8.43. The van der Waals surface area contributed by atoms with E-state index in [0.29, 0.717) is 33.7 Å². The van der Waals surface area contributed by atoms with E-state index in [1.54, 1.807) is 18.1 Å². The van der Waals surface area contributed by atoms with Gasteiger partial charge < -0.3 is 9.47 Å². The van der Waals surface area contributed by atoms with Crippen LogP contribution in [0.15, 0.2) is 69.0 Å². The van der Waals surface area contributed by atoms with Gasteiger partial charge >= 0.3 is 0 Å². The number of methoxy groups -OCH3 is 1. The van der Waals surface area contributed by atoms with Crippen molar-refractivity contribution in [1.82, 2.24) is 4.90 Å². The Labute approximate surface area is 229 Å². The first kappa shape index (κ1) is 26.5. The number of halogens is 1. The van der Waals surface area contributed by atoms with Crippen LogP contribution in [0.5, 0.6) is 11.5 Å². The topological polar surface area (TPSA) is 74.9 Å². The largest absolute Gasteiger partial charge is 0.493 e. The van der Waals surface area contributed by atoms with Gasteiger partial charge in [-0.1, -0.05) is 46.3 Å². The van der Waals surface area contributed by atoms with Crippen LogP contribution in [0.1, 0.15) is 34.7 Å². The number of nitrogens with zero attached hydrogens (tertiary/aromatic N) is 3. The summed E-state index contributed by atoms with van der Waals surface area (Å²) in [5, 5.41) is 9.99. The number of amidine groups is 1. The highest BCUT2D eigenvalue weighted by atomic mass is 79.9. The normalized spacial score (nSPS) is 15.4. The van der Waals surface area contributed by atoms with Crippen LogP contribution in [-0.2, 0) is 11.4 Å². The van der Waals surface area contributed by atoms with Crippen molar-refractivity contribution in [1.29, 1.82) is 5.26 Å². The highest BCUT2D eigenvalue weighted by molar-refractivity contribution is 9.10. The molecule has 0 radical (unpaired) electrons. The van der Waals surface area contributed by atoms with Crippen molar-refractivity contribution in [2.45, 2.75) is 27.4 Å². The summed E-state index contributed by atoms with van der Waals surface area (Å²) in [7, 11) is 1.57. The maximum absolute atomic E-state index is 13.2. The fourth-order valence-corrected chi connectivity index (χ4v) is 5.28. The third-order valence-electron chi connectivity index (χ3n) is 5.88. The van der Waals surface area contributed by atoms with E-state index < -0.39 is 0 Å². The number of rotatable bonds is 7. The van der Waals surface area contributed by atoms with Crippen LogP contribution in [0.3, 0.4) is 0 Å². The molecule has 1 amide bonds. The molecule has 0 unspecified atom stereocenters. The Balaban J connectivity index is 1.62. The summed E-state index contributed by atoms with van der Waals surface area (Å²) in [6.45, 7) is 6.73. The van der Waals surface area contributed by atoms with Crippen molar-refractivity contribution in [3.05, 3.63) is 91.8 Å². The van der Waals surface area contributed by atoms with Crippen molar-refractivity contribution in [3.63, 3.8) is 0 Å². The van der Waals surface area contributed by atoms with Gasteiger partial charge in [0.1, 0.15) is 6.61 Å². The number of carbonyl (C=O) groups excluding carboxylic acids is 1. The van der Waals surface area contributed by atoms with Gasteiger partial charge in [0, 0.05) is 16.6 Å². The lowest BCUT2D eigenvalue weighted by Crippen LogP contribution is -2.28. The molecule has 1 aliphatic rings. The quantitative estimate of drug-likeness (QED) is 0.279. The molecular weight excluding hydrogens is 550 g/mol. The van der Waals surface area contributed by atoms with E-state index in [2.05, 4.69) is 28.1 Å². The molecule has 6 nitrogen and oxygen atoms in total. The van der Waals surface area contributed by atoms with Crippen LogP contribution in [0.25, 0.3) is 6.08 Å². The molecule has 1 fully saturated rings. The van der Waals surface area contributed by atoms with Gasteiger partial charge in [-0.05, 0) is 79.6 Å². The van der Waals surface area contributed by atoms with Crippen LogP contribution in [0.2, 0.25) is 0 Å². The maximum atomic E-state index is 13.2. The Kier molecular flexibility index (Phi) is 8.37. The lowest BCUT2D eigenvalue weighted by atomic mass is 10.1. The minimum Gasteiger partial charge on any atom is -0.493 e. The summed E-state index contributed by atoms with van der Waals surface area (Å²) in [5.41, 5.74) is 5.17. The van der Waals surface area contributed by atoms with Gasteiger partial charge in [-0.15, -0.1) is 0 Å². The van der Waals surface area contributed by atoms with E-state index in [1.807, 2.05) is 69.3 Å². The van der Waals surface area contributed by atoms with Crippen molar-refractivity contribution < 1.29 is 14.3 Å². The summed E-state index contributed by atoms with van der Waals surface area (Å²) in [4.78, 5) is 20.3. The molecule has 1 heterocycles. The molecule has 1 saturated heterocycles. The Bertz CT molecular complexity index is 1460. The van der Waals surface area contributed by atoms with E-state index in [0.717, 1.165) is 32.4 Å². The molecule has 3 aromatic carbocycles. The molecular formula is C29H26BrN3O3S. The molecule has 8 heteroatoms. The number of aliphatic imine (C=N–C) groups is 1. The molecule has 3 aromatic rings. The van der Waals surface area contributed by atoms with E-state index >= 15 is 0 Å². The Hall–Kier alpha value is -3.54. The number of carbonyl (C=O) groups is 1. The number of thioether (sulfide) groups is 1. The van der Waals surface area contributed by atoms with Gasteiger partial charge in [0.25, 0.3) is 5.91 Å². The molecule has 37 heavy (non-hydrogen) atoms. The molecule has 0 saturated carbocycles. The SMILES string of the molecule is CCN1C(=O)/C(=C\c2cc(OC)c(OCc3ccccc3C#N)cc2Br)SC1=Nc1cc(C)ccc1C. The van der Waals surface area contributed by atoms with E-state index in [-0.39, 0.29) is 12.5 Å². The first-order chi connectivity index (χ1) is 17.8. The average molecular weight is 577 g/mol. The zero-order valence-electron chi connectivity index (χ0n) is 21.0. The molecule has 1 aliphatic heterocycles. The number of amides is 1. The molecule has 0 aliphatic carbocycles. The van der Waals surface area contributed by atoms with Crippen LogP contribution in [0, 0.1) is 25.2 Å². The van der Waals surface area contributed by atoms with Gasteiger partial charge in [0.15, 0.2) is 16.7 Å². The zero-order chi connectivity index (χ0) is 26.5. The lowest BCUT2D eigenvalue weighted by Gasteiger charge is -2.14. The van der Waals surface area contributed by atoms with Gasteiger partial charge in [-0.25, -0.2) is 4.99 Å². The van der Waals surface area contributed by atoms with Crippen LogP contribution in [0.4, 0.5) is 5.69 Å². The second-order valence-corrected chi connectivity index (χ2v) is 10.3. The van der Waals surface area contributed by atoms with Gasteiger partial charge in [0.2, 0.25) is 0 Å². The number of likely N-dealkylation sites (N-methyl/N-ethyl adjacent to an activating group) is 1. The summed E-state index contributed by atoms with van der Waals surface area (Å²) in [6, 6.07) is 19.2. The number of hydrogen-bond donors (Lipinski definition) is 0. The minimum absolute atomic E-state index is 0.0872. The number of benzene rings is 3. The van der Waals surface area contributed by atoms with Crippen molar-refractivity contribution in [2.75, 3.05) is 13.7 Å². The van der Waals surface area contributed by atoms with E-state index in [1.165, 1.54) is 11.8 Å². The summed E-state index contributed by atoms with van der Waals surface area (Å²) < 4.78 is 12.3. The monoisotopic (exact) mass is 575 g/mol. The Morgan fingerprint density at radius 1 is 1.14 bits per heavy atom. The predicted molar refractivity (Wildman–Crippen MR) is 152 cm³/mol. The highest BCUT2D eigenvalue weighted by Gasteiger charge is 2.32. The number of aryl methyl sites for hydroxylation is 2. The van der Waals surface area contributed by atoms with Crippen molar-refractivity contribution >= 4 is 50.5 Å². The lowest BCUT2D eigenvalue weighted by molar-refractivity contribution is -0.122. The predicted octanol–water partition coefficient (Wildman–Crippen LogP) is 7.15. The molecule has 0 atom stereocenters. The minimum atomic E-state index is -0.0872. The van der Waals surface area contributed by atoms with Gasteiger partial charge in [-0.3, -0.25) is 9.69 Å². The number of hydrogen-bond acceptors (Lipinski definition) is 6.